The van der Waals surface area contributed by atoms with E-state index in [9.17, 15) is 9.59 Å². The Hall–Kier alpha value is -1.36. The summed E-state index contributed by atoms with van der Waals surface area (Å²) >= 11 is 3.31. The Morgan fingerprint density at radius 3 is 2.68 bits per heavy atom. The number of likely N-dealkylation sites (N-methyl/N-ethyl adjacent to an activating group) is 1. The van der Waals surface area contributed by atoms with E-state index < -0.39 is 0 Å². The van der Waals surface area contributed by atoms with Gasteiger partial charge in [-0.25, -0.2) is 0 Å². The molecule has 0 radical (unpaired) electrons. The van der Waals surface area contributed by atoms with E-state index in [1.54, 1.807) is 30.1 Å². The molecule has 0 unspecified atom stereocenters. The lowest BCUT2D eigenvalue weighted by molar-refractivity contribution is -0.132. The van der Waals surface area contributed by atoms with Gasteiger partial charge in [-0.15, -0.1) is 0 Å². The van der Waals surface area contributed by atoms with E-state index in [0.717, 1.165) is 17.3 Å². The highest BCUT2D eigenvalue weighted by molar-refractivity contribution is 9.10. The zero-order valence-corrected chi connectivity index (χ0v) is 12.6. The van der Waals surface area contributed by atoms with E-state index in [4.69, 9.17) is 4.74 Å². The number of halogens is 1. The summed E-state index contributed by atoms with van der Waals surface area (Å²) in [5.74, 6) is 0.312. The van der Waals surface area contributed by atoms with Crippen molar-refractivity contribution in [1.82, 2.24) is 4.90 Å². The maximum absolute atomic E-state index is 11.9. The van der Waals surface area contributed by atoms with Gasteiger partial charge in [0.25, 0.3) is 5.91 Å². The molecule has 0 aliphatic heterocycles. The average molecular weight is 326 g/mol. The van der Waals surface area contributed by atoms with Crippen LogP contribution in [0.2, 0.25) is 0 Å². The van der Waals surface area contributed by atoms with E-state index >= 15 is 0 Å². The first-order chi connectivity index (χ1) is 8.99. The molecule has 0 spiro atoms. The van der Waals surface area contributed by atoms with E-state index in [1.165, 1.54) is 6.92 Å². The Labute approximate surface area is 120 Å². The summed E-state index contributed by atoms with van der Waals surface area (Å²) in [5, 5.41) is 0. The first kappa shape index (κ1) is 14.1. The van der Waals surface area contributed by atoms with Crippen molar-refractivity contribution in [3.8, 4) is 5.75 Å². The van der Waals surface area contributed by atoms with Crippen LogP contribution < -0.4 is 4.74 Å². The molecule has 0 aromatic heterocycles. The van der Waals surface area contributed by atoms with Crippen molar-refractivity contribution in [3.63, 3.8) is 0 Å². The topological polar surface area (TPSA) is 46.6 Å². The van der Waals surface area contributed by atoms with Crippen LogP contribution in [0.4, 0.5) is 0 Å². The lowest BCUT2D eigenvalue weighted by atomic mass is 10.1. The number of nitrogens with zero attached hydrogens (tertiary/aromatic N) is 1. The van der Waals surface area contributed by atoms with E-state index in [-0.39, 0.29) is 18.3 Å². The predicted octanol–water partition coefficient (Wildman–Crippen LogP) is 2.65. The van der Waals surface area contributed by atoms with Gasteiger partial charge in [-0.3, -0.25) is 9.59 Å². The molecule has 1 aromatic carbocycles. The van der Waals surface area contributed by atoms with E-state index in [2.05, 4.69) is 15.9 Å². The molecule has 1 fully saturated rings. The van der Waals surface area contributed by atoms with Crippen molar-refractivity contribution in [1.29, 1.82) is 0 Å². The van der Waals surface area contributed by atoms with Gasteiger partial charge in [0, 0.05) is 17.6 Å². The van der Waals surface area contributed by atoms with Crippen LogP contribution in [-0.4, -0.2) is 36.3 Å². The molecule has 2 rings (SSSR count). The molecule has 4 nitrogen and oxygen atoms in total. The predicted molar refractivity (Wildman–Crippen MR) is 75.4 cm³/mol. The second-order valence-corrected chi connectivity index (χ2v) is 5.64. The molecule has 19 heavy (non-hydrogen) atoms. The molecule has 0 atom stereocenters. The van der Waals surface area contributed by atoms with Gasteiger partial charge in [-0.1, -0.05) is 15.9 Å². The highest BCUT2D eigenvalue weighted by atomic mass is 79.9. The summed E-state index contributed by atoms with van der Waals surface area (Å²) < 4.78 is 6.29. The summed E-state index contributed by atoms with van der Waals surface area (Å²) in [5.41, 5.74) is 0.483. The third-order valence-corrected chi connectivity index (χ3v) is 3.65. The maximum Gasteiger partial charge on any atom is 0.260 e. The number of ether oxygens (including phenoxy) is 1. The number of benzene rings is 1. The lowest BCUT2D eigenvalue weighted by Crippen LogP contribution is -2.33. The van der Waals surface area contributed by atoms with Gasteiger partial charge in [0.2, 0.25) is 0 Å². The maximum atomic E-state index is 11.9. The Morgan fingerprint density at radius 1 is 1.42 bits per heavy atom. The highest BCUT2D eigenvalue weighted by Crippen LogP contribution is 2.26. The third-order valence-electron chi connectivity index (χ3n) is 3.16. The minimum atomic E-state index is -0.0840. The van der Waals surface area contributed by atoms with Gasteiger partial charge in [0.15, 0.2) is 12.4 Å². The number of carbonyl (C=O) groups excluding carboxylic acids is 2. The monoisotopic (exact) mass is 325 g/mol. The van der Waals surface area contributed by atoms with Crippen molar-refractivity contribution >= 4 is 27.6 Å². The fraction of sp³-hybridized carbons (Fsp3) is 0.429. The lowest BCUT2D eigenvalue weighted by Gasteiger charge is -2.17. The van der Waals surface area contributed by atoms with Gasteiger partial charge < -0.3 is 9.64 Å². The van der Waals surface area contributed by atoms with Crippen molar-refractivity contribution in [2.45, 2.75) is 25.8 Å². The summed E-state index contributed by atoms with van der Waals surface area (Å²) in [6, 6.07) is 5.56. The zero-order valence-electron chi connectivity index (χ0n) is 11.0. The molecular weight excluding hydrogens is 310 g/mol. The first-order valence-corrected chi connectivity index (χ1v) is 6.97. The fourth-order valence-corrected chi connectivity index (χ4v) is 2.17. The second kappa shape index (κ2) is 5.74. The van der Waals surface area contributed by atoms with Crippen LogP contribution in [-0.2, 0) is 4.79 Å². The van der Waals surface area contributed by atoms with Gasteiger partial charge in [-0.2, -0.15) is 0 Å². The van der Waals surface area contributed by atoms with Gasteiger partial charge in [-0.05, 0) is 38.0 Å². The van der Waals surface area contributed by atoms with Crippen molar-refractivity contribution in [3.05, 3.63) is 28.2 Å². The minimum absolute atomic E-state index is 0.0328. The largest absolute Gasteiger partial charge is 0.483 e. The van der Waals surface area contributed by atoms with Crippen LogP contribution >= 0.6 is 15.9 Å². The summed E-state index contributed by atoms with van der Waals surface area (Å²) in [6.07, 6.45) is 2.14. The molecule has 5 heteroatoms. The second-order valence-electron chi connectivity index (χ2n) is 4.72. The van der Waals surface area contributed by atoms with Crippen molar-refractivity contribution < 1.29 is 14.3 Å². The summed E-state index contributed by atoms with van der Waals surface area (Å²) in [4.78, 5) is 25.1. The Kier molecular flexibility index (Phi) is 4.24. The van der Waals surface area contributed by atoms with Crippen LogP contribution in [0.25, 0.3) is 0 Å². The quantitative estimate of drug-likeness (QED) is 0.782. The van der Waals surface area contributed by atoms with Gasteiger partial charge >= 0.3 is 0 Å². The van der Waals surface area contributed by atoms with Crippen LogP contribution in [0.15, 0.2) is 22.7 Å². The minimum Gasteiger partial charge on any atom is -0.483 e. The molecule has 1 aliphatic rings. The molecular formula is C14H16BrNO3. The SMILES string of the molecule is CC(=O)c1cc(Br)ccc1OCC(=O)N(C)C1CC1. The molecule has 0 heterocycles. The fourth-order valence-electron chi connectivity index (χ4n) is 1.81. The number of hydrogen-bond donors (Lipinski definition) is 0. The van der Waals surface area contributed by atoms with Crippen molar-refractivity contribution in [2.75, 3.05) is 13.7 Å². The van der Waals surface area contributed by atoms with Crippen LogP contribution in [0.3, 0.4) is 0 Å². The van der Waals surface area contributed by atoms with Crippen LogP contribution in [0.5, 0.6) is 5.75 Å². The molecule has 102 valence electrons. The van der Waals surface area contributed by atoms with Gasteiger partial charge in [0.05, 0.1) is 5.56 Å². The normalized spacial score (nSPS) is 14.1. The Morgan fingerprint density at radius 2 is 2.11 bits per heavy atom. The molecule has 0 bridgehead atoms. The van der Waals surface area contributed by atoms with E-state index in [1.807, 2.05) is 0 Å². The molecule has 1 aromatic rings. The smallest absolute Gasteiger partial charge is 0.260 e. The molecule has 0 N–H and O–H groups in total. The number of Topliss-reactive ketones (excluding diaryl/α,β-unsaturated/α-hetero) is 1. The molecule has 1 amide bonds. The number of ketones is 1. The Bertz CT molecular complexity index is 511. The number of hydrogen-bond acceptors (Lipinski definition) is 3. The van der Waals surface area contributed by atoms with Crippen molar-refractivity contribution in [2.24, 2.45) is 0 Å². The van der Waals surface area contributed by atoms with Gasteiger partial charge in [0.1, 0.15) is 5.75 Å². The molecule has 1 aliphatic carbocycles. The average Bonchev–Trinajstić information content (AvgIpc) is 3.20. The number of rotatable bonds is 5. The van der Waals surface area contributed by atoms with Crippen LogP contribution in [0.1, 0.15) is 30.1 Å². The number of amides is 1. The van der Waals surface area contributed by atoms with E-state index in [0.29, 0.717) is 17.4 Å². The third kappa shape index (κ3) is 3.56. The number of carbonyl (C=O) groups is 2. The summed E-state index contributed by atoms with van der Waals surface area (Å²) in [7, 11) is 1.79. The molecule has 1 saturated carbocycles. The summed E-state index contributed by atoms with van der Waals surface area (Å²) in [6.45, 7) is 1.45. The zero-order chi connectivity index (χ0) is 14.0. The first-order valence-electron chi connectivity index (χ1n) is 6.18. The Balaban J connectivity index is 2.02. The molecule has 0 saturated heterocycles. The standard InChI is InChI=1S/C14H16BrNO3/c1-9(17)12-7-10(15)3-6-13(12)19-8-14(18)16(2)11-4-5-11/h3,6-7,11H,4-5,8H2,1-2H3. The highest BCUT2D eigenvalue weighted by Gasteiger charge is 2.29. The van der Waals surface area contributed by atoms with Crippen LogP contribution in [0, 0.1) is 0 Å².